The first kappa shape index (κ1) is 10.1. The van der Waals surface area contributed by atoms with E-state index >= 15 is 0 Å². The molecule has 0 aliphatic carbocycles. The van der Waals surface area contributed by atoms with Crippen LogP contribution in [0.25, 0.3) is 11.1 Å². The van der Waals surface area contributed by atoms with Crippen molar-refractivity contribution >= 4 is 11.6 Å². The molecule has 0 N–H and O–H groups in total. The highest BCUT2D eigenvalue weighted by molar-refractivity contribution is 6.30. The number of rotatable bonds is 1. The maximum atomic E-state index is 13.5. The van der Waals surface area contributed by atoms with E-state index in [0.29, 0.717) is 5.56 Å². The molecule has 2 rings (SSSR count). The van der Waals surface area contributed by atoms with E-state index in [1.165, 1.54) is 0 Å². The van der Waals surface area contributed by atoms with Gasteiger partial charge < -0.3 is 0 Å². The summed E-state index contributed by atoms with van der Waals surface area (Å²) in [5.41, 5.74) is 2.27. The second kappa shape index (κ2) is 3.99. The van der Waals surface area contributed by atoms with E-state index in [1.807, 2.05) is 12.1 Å². The fraction of sp³-hybridized carbons (Fsp3) is 0.0833. The molecule has 1 nitrogen and oxygen atoms in total. The van der Waals surface area contributed by atoms with Crippen LogP contribution in [-0.2, 0) is 0 Å². The van der Waals surface area contributed by atoms with Gasteiger partial charge in [0.1, 0.15) is 5.82 Å². The second-order valence-electron chi connectivity index (χ2n) is 3.28. The van der Waals surface area contributed by atoms with Crippen molar-refractivity contribution in [1.82, 2.24) is 4.98 Å². The highest BCUT2D eigenvalue weighted by Crippen LogP contribution is 2.28. The van der Waals surface area contributed by atoms with Gasteiger partial charge in [-0.05, 0) is 30.2 Å². The average molecular weight is 222 g/mol. The molecule has 0 spiro atoms. The fourth-order valence-corrected chi connectivity index (χ4v) is 1.69. The lowest BCUT2D eigenvalue weighted by Gasteiger charge is -2.07. The van der Waals surface area contributed by atoms with Crippen LogP contribution in [0.2, 0.25) is 5.02 Å². The van der Waals surface area contributed by atoms with Crippen molar-refractivity contribution in [3.05, 3.63) is 53.1 Å². The number of pyridine rings is 1. The van der Waals surface area contributed by atoms with Gasteiger partial charge in [-0.15, -0.1) is 0 Å². The Kier molecular flexibility index (Phi) is 2.69. The van der Waals surface area contributed by atoms with E-state index in [9.17, 15) is 4.39 Å². The van der Waals surface area contributed by atoms with Gasteiger partial charge in [0, 0.05) is 18.0 Å². The lowest BCUT2D eigenvalue weighted by atomic mass is 10.0. The number of halogens is 2. The standard InChI is InChI=1S/C12H9ClFN/c1-8-10(4-5-11(13)12(8)14)9-3-2-6-15-7-9/h2-7H,1H3. The fourth-order valence-electron chi connectivity index (χ4n) is 1.49. The summed E-state index contributed by atoms with van der Waals surface area (Å²) in [5, 5.41) is 0.153. The van der Waals surface area contributed by atoms with Crippen LogP contribution in [0.3, 0.4) is 0 Å². The second-order valence-corrected chi connectivity index (χ2v) is 3.68. The number of hydrogen-bond donors (Lipinski definition) is 0. The molecule has 0 atom stereocenters. The van der Waals surface area contributed by atoms with Crippen molar-refractivity contribution in [1.29, 1.82) is 0 Å². The third kappa shape index (κ3) is 1.85. The van der Waals surface area contributed by atoms with Crippen molar-refractivity contribution in [2.75, 3.05) is 0 Å². The monoisotopic (exact) mass is 221 g/mol. The minimum absolute atomic E-state index is 0.153. The Balaban J connectivity index is 2.60. The highest BCUT2D eigenvalue weighted by atomic mass is 35.5. The minimum atomic E-state index is -0.363. The third-order valence-electron chi connectivity index (χ3n) is 2.31. The molecule has 0 aliphatic rings. The molecule has 0 unspecified atom stereocenters. The SMILES string of the molecule is Cc1c(-c2cccnc2)ccc(Cl)c1F. The van der Waals surface area contributed by atoms with Crippen LogP contribution in [0, 0.1) is 12.7 Å². The summed E-state index contributed by atoms with van der Waals surface area (Å²) in [6.07, 6.45) is 3.39. The largest absolute Gasteiger partial charge is 0.264 e. The molecular formula is C12H9ClFN. The van der Waals surface area contributed by atoms with Gasteiger partial charge in [0.15, 0.2) is 0 Å². The topological polar surface area (TPSA) is 12.9 Å². The van der Waals surface area contributed by atoms with Crippen molar-refractivity contribution in [3.63, 3.8) is 0 Å². The Bertz CT molecular complexity index is 482. The van der Waals surface area contributed by atoms with E-state index in [2.05, 4.69) is 4.98 Å². The summed E-state index contributed by atoms with van der Waals surface area (Å²) >= 11 is 5.68. The first-order valence-corrected chi connectivity index (χ1v) is 4.93. The third-order valence-corrected chi connectivity index (χ3v) is 2.60. The molecule has 1 heterocycles. The number of benzene rings is 1. The molecule has 0 aliphatic heterocycles. The molecule has 0 fully saturated rings. The molecule has 0 saturated heterocycles. The maximum absolute atomic E-state index is 13.5. The molecule has 0 amide bonds. The van der Waals surface area contributed by atoms with E-state index in [1.54, 1.807) is 31.5 Å². The molecule has 76 valence electrons. The first-order valence-electron chi connectivity index (χ1n) is 4.55. The van der Waals surface area contributed by atoms with E-state index in [0.717, 1.165) is 11.1 Å². The van der Waals surface area contributed by atoms with Crippen LogP contribution < -0.4 is 0 Å². The molecule has 0 bridgehead atoms. The molecule has 3 heteroatoms. The zero-order valence-corrected chi connectivity index (χ0v) is 8.92. The Hall–Kier alpha value is -1.41. The molecule has 0 radical (unpaired) electrons. The smallest absolute Gasteiger partial charge is 0.145 e. The quantitative estimate of drug-likeness (QED) is 0.713. The Morgan fingerprint density at radius 1 is 1.27 bits per heavy atom. The van der Waals surface area contributed by atoms with Crippen LogP contribution in [0.5, 0.6) is 0 Å². The minimum Gasteiger partial charge on any atom is -0.264 e. The van der Waals surface area contributed by atoms with Gasteiger partial charge >= 0.3 is 0 Å². The van der Waals surface area contributed by atoms with Crippen LogP contribution in [0.4, 0.5) is 4.39 Å². The van der Waals surface area contributed by atoms with Gasteiger partial charge in [0.05, 0.1) is 5.02 Å². The summed E-state index contributed by atoms with van der Waals surface area (Å²) < 4.78 is 13.5. The van der Waals surface area contributed by atoms with Gasteiger partial charge in [-0.1, -0.05) is 23.7 Å². The number of hydrogen-bond acceptors (Lipinski definition) is 1. The summed E-state index contributed by atoms with van der Waals surface area (Å²) in [5.74, 6) is -0.363. The number of aromatic nitrogens is 1. The predicted molar refractivity (Wildman–Crippen MR) is 59.4 cm³/mol. The van der Waals surface area contributed by atoms with Gasteiger partial charge in [-0.25, -0.2) is 4.39 Å². The Labute approximate surface area is 92.5 Å². The lowest BCUT2D eigenvalue weighted by Crippen LogP contribution is -1.89. The van der Waals surface area contributed by atoms with Crippen LogP contribution in [0.15, 0.2) is 36.7 Å². The maximum Gasteiger partial charge on any atom is 0.145 e. The molecule has 0 saturated carbocycles. The van der Waals surface area contributed by atoms with Crippen LogP contribution in [-0.4, -0.2) is 4.98 Å². The normalized spacial score (nSPS) is 10.3. The summed E-state index contributed by atoms with van der Waals surface area (Å²) in [7, 11) is 0. The number of nitrogens with zero attached hydrogens (tertiary/aromatic N) is 1. The van der Waals surface area contributed by atoms with Crippen LogP contribution >= 0.6 is 11.6 Å². The summed E-state index contributed by atoms with van der Waals surface area (Å²) in [6.45, 7) is 1.71. The van der Waals surface area contributed by atoms with Crippen molar-refractivity contribution in [3.8, 4) is 11.1 Å². The van der Waals surface area contributed by atoms with Gasteiger partial charge in [-0.3, -0.25) is 4.98 Å². The van der Waals surface area contributed by atoms with E-state index in [4.69, 9.17) is 11.6 Å². The molecule has 1 aromatic carbocycles. The molecule has 1 aromatic heterocycles. The van der Waals surface area contributed by atoms with Crippen molar-refractivity contribution < 1.29 is 4.39 Å². The molecule has 15 heavy (non-hydrogen) atoms. The predicted octanol–water partition coefficient (Wildman–Crippen LogP) is 3.85. The molecular weight excluding hydrogens is 213 g/mol. The summed E-state index contributed by atoms with van der Waals surface area (Å²) in [4.78, 5) is 4.00. The van der Waals surface area contributed by atoms with Crippen molar-refractivity contribution in [2.45, 2.75) is 6.92 Å². The zero-order valence-electron chi connectivity index (χ0n) is 8.17. The Morgan fingerprint density at radius 2 is 2.07 bits per heavy atom. The van der Waals surface area contributed by atoms with Crippen LogP contribution in [0.1, 0.15) is 5.56 Å². The first-order chi connectivity index (χ1) is 7.20. The zero-order chi connectivity index (χ0) is 10.8. The Morgan fingerprint density at radius 3 is 2.73 bits per heavy atom. The van der Waals surface area contributed by atoms with Gasteiger partial charge in [0.2, 0.25) is 0 Å². The average Bonchev–Trinajstić information content (AvgIpc) is 2.27. The molecule has 2 aromatic rings. The van der Waals surface area contributed by atoms with E-state index < -0.39 is 0 Å². The summed E-state index contributed by atoms with van der Waals surface area (Å²) in [6, 6.07) is 7.08. The highest BCUT2D eigenvalue weighted by Gasteiger charge is 2.09. The van der Waals surface area contributed by atoms with E-state index in [-0.39, 0.29) is 10.8 Å². The van der Waals surface area contributed by atoms with Gasteiger partial charge in [0.25, 0.3) is 0 Å². The lowest BCUT2D eigenvalue weighted by molar-refractivity contribution is 0.619. The van der Waals surface area contributed by atoms with Crippen molar-refractivity contribution in [2.24, 2.45) is 0 Å². The van der Waals surface area contributed by atoms with Gasteiger partial charge in [-0.2, -0.15) is 0 Å².